The fourth-order valence-electron chi connectivity index (χ4n) is 2.93. The number of nitrogens with two attached hydrogens (primary N) is 2. The van der Waals surface area contributed by atoms with E-state index in [9.17, 15) is 23.5 Å². The topological polar surface area (TPSA) is 143 Å². The number of anilines is 1. The summed E-state index contributed by atoms with van der Waals surface area (Å²) in [5, 5.41) is 9.92. The quantitative estimate of drug-likeness (QED) is 0.557. The standard InChI is InChI=1S/C18H20F2N4O5/c19-18(20)14(25)12(29-16(18)24-7-6-13(22)23-17(24)27)9-28-15(26)11(21)8-10-4-2-1-3-5-10/h1-7,11-12,14,16,25H,8-9,21H2,(H2,22,23,27)/t11-,12+,14+,16+/m0/s1. The molecular formula is C18H20F2N4O5. The molecule has 0 aliphatic carbocycles. The van der Waals surface area contributed by atoms with Crippen LogP contribution in [-0.2, 0) is 20.7 Å². The molecule has 0 saturated carbocycles. The number of hydrogen-bond acceptors (Lipinski definition) is 8. The number of nitrogen functional groups attached to an aromatic ring is 1. The fraction of sp³-hybridized carbons (Fsp3) is 0.389. The van der Waals surface area contributed by atoms with Crippen molar-refractivity contribution in [3.05, 3.63) is 58.6 Å². The van der Waals surface area contributed by atoms with E-state index in [1.165, 1.54) is 0 Å². The summed E-state index contributed by atoms with van der Waals surface area (Å²) in [5.74, 6) is -4.81. The summed E-state index contributed by atoms with van der Waals surface area (Å²) in [5.41, 5.74) is 10.9. The van der Waals surface area contributed by atoms with Crippen LogP contribution >= 0.6 is 0 Å². The molecule has 0 radical (unpaired) electrons. The third-order valence-corrected chi connectivity index (χ3v) is 4.47. The summed E-state index contributed by atoms with van der Waals surface area (Å²) in [6.07, 6.45) is -4.82. The van der Waals surface area contributed by atoms with E-state index in [0.717, 1.165) is 17.8 Å². The third kappa shape index (κ3) is 4.42. The number of carbonyl (C=O) groups excluding carboxylic acids is 1. The zero-order valence-electron chi connectivity index (χ0n) is 15.2. The second kappa shape index (κ2) is 8.23. The van der Waals surface area contributed by atoms with Gasteiger partial charge in [0.1, 0.15) is 24.6 Å². The molecule has 0 bridgehead atoms. The van der Waals surface area contributed by atoms with E-state index < -0.39 is 48.7 Å². The lowest BCUT2D eigenvalue weighted by Crippen LogP contribution is -2.42. The predicted molar refractivity (Wildman–Crippen MR) is 96.9 cm³/mol. The van der Waals surface area contributed by atoms with Crippen LogP contribution in [0.4, 0.5) is 14.6 Å². The van der Waals surface area contributed by atoms with Gasteiger partial charge in [-0.25, -0.2) is 4.79 Å². The van der Waals surface area contributed by atoms with Crippen LogP contribution in [0.25, 0.3) is 0 Å². The fourth-order valence-corrected chi connectivity index (χ4v) is 2.93. The average Bonchev–Trinajstić information content (AvgIpc) is 2.90. The molecule has 3 rings (SSSR count). The molecule has 5 N–H and O–H groups in total. The van der Waals surface area contributed by atoms with E-state index in [0.29, 0.717) is 4.57 Å². The molecule has 156 valence electrons. The first-order valence-electron chi connectivity index (χ1n) is 8.72. The Hall–Kier alpha value is -2.89. The van der Waals surface area contributed by atoms with Crippen LogP contribution in [0, 0.1) is 0 Å². The number of rotatable bonds is 6. The lowest BCUT2D eigenvalue weighted by molar-refractivity contribution is -0.152. The van der Waals surface area contributed by atoms with E-state index in [1.807, 2.05) is 6.07 Å². The van der Waals surface area contributed by atoms with Gasteiger partial charge < -0.3 is 26.0 Å². The zero-order chi connectivity index (χ0) is 21.2. The Bertz CT molecular complexity index is 924. The summed E-state index contributed by atoms with van der Waals surface area (Å²) >= 11 is 0. The Labute approximate surface area is 163 Å². The molecular weight excluding hydrogens is 390 g/mol. The average molecular weight is 410 g/mol. The second-order valence-corrected chi connectivity index (χ2v) is 6.61. The van der Waals surface area contributed by atoms with Crippen LogP contribution in [0.5, 0.6) is 0 Å². The monoisotopic (exact) mass is 410 g/mol. The molecule has 4 atom stereocenters. The van der Waals surface area contributed by atoms with Gasteiger partial charge in [-0.3, -0.25) is 9.36 Å². The molecule has 11 heteroatoms. The molecule has 29 heavy (non-hydrogen) atoms. The van der Waals surface area contributed by atoms with E-state index >= 15 is 0 Å². The number of halogens is 2. The van der Waals surface area contributed by atoms with E-state index in [-0.39, 0.29) is 12.2 Å². The number of hydrogen-bond donors (Lipinski definition) is 3. The van der Waals surface area contributed by atoms with Crippen molar-refractivity contribution in [3.8, 4) is 0 Å². The number of nitrogens with zero attached hydrogens (tertiary/aromatic N) is 2. The molecule has 2 aromatic rings. The first-order chi connectivity index (χ1) is 13.7. The lowest BCUT2D eigenvalue weighted by atomic mass is 10.1. The minimum atomic E-state index is -3.83. The summed E-state index contributed by atoms with van der Waals surface area (Å²) in [6, 6.07) is 9.06. The SMILES string of the molecule is Nc1ccn([C@@H]2O[C@H](COC(=O)[C@@H](N)Cc3ccccc3)[C@@H](O)C2(F)F)c(=O)n1. The maximum atomic E-state index is 14.4. The summed E-state index contributed by atoms with van der Waals surface area (Å²) in [4.78, 5) is 27.3. The number of aliphatic hydroxyl groups excluding tert-OH is 1. The lowest BCUT2D eigenvalue weighted by Gasteiger charge is -2.20. The molecule has 0 spiro atoms. The van der Waals surface area contributed by atoms with Gasteiger partial charge in [-0.05, 0) is 18.1 Å². The minimum Gasteiger partial charge on any atom is -0.462 e. The van der Waals surface area contributed by atoms with Gasteiger partial charge in [0.05, 0.1) is 0 Å². The van der Waals surface area contributed by atoms with E-state index in [2.05, 4.69) is 4.98 Å². The van der Waals surface area contributed by atoms with Crippen LogP contribution in [-0.4, -0.2) is 51.4 Å². The van der Waals surface area contributed by atoms with Crippen molar-refractivity contribution in [1.82, 2.24) is 9.55 Å². The second-order valence-electron chi connectivity index (χ2n) is 6.61. The maximum Gasteiger partial charge on any atom is 0.351 e. The minimum absolute atomic E-state index is 0.147. The van der Waals surface area contributed by atoms with Crippen LogP contribution in [0.15, 0.2) is 47.4 Å². The number of esters is 1. The zero-order valence-corrected chi connectivity index (χ0v) is 15.2. The van der Waals surface area contributed by atoms with E-state index in [4.69, 9.17) is 20.9 Å². The van der Waals surface area contributed by atoms with Gasteiger partial charge in [0.25, 0.3) is 0 Å². The van der Waals surface area contributed by atoms with Crippen molar-refractivity contribution in [3.63, 3.8) is 0 Å². The summed E-state index contributed by atoms with van der Waals surface area (Å²) in [6.45, 7) is -0.661. The van der Waals surface area contributed by atoms with Gasteiger partial charge in [0.2, 0.25) is 6.23 Å². The van der Waals surface area contributed by atoms with Crippen LogP contribution in [0.2, 0.25) is 0 Å². The Balaban J connectivity index is 1.64. The van der Waals surface area contributed by atoms with Crippen molar-refractivity contribution in [2.45, 2.75) is 36.8 Å². The van der Waals surface area contributed by atoms with Crippen molar-refractivity contribution in [1.29, 1.82) is 0 Å². The molecule has 1 aliphatic rings. The highest BCUT2D eigenvalue weighted by Crippen LogP contribution is 2.42. The molecule has 9 nitrogen and oxygen atoms in total. The van der Waals surface area contributed by atoms with Crippen LogP contribution < -0.4 is 17.2 Å². The van der Waals surface area contributed by atoms with E-state index in [1.54, 1.807) is 24.3 Å². The Morgan fingerprint density at radius 2 is 2.03 bits per heavy atom. The first kappa shape index (κ1) is 20.8. The number of aliphatic hydroxyl groups is 1. The Morgan fingerprint density at radius 1 is 1.34 bits per heavy atom. The first-order valence-corrected chi connectivity index (χ1v) is 8.72. The number of ether oxygens (including phenoxy) is 2. The van der Waals surface area contributed by atoms with Crippen molar-refractivity contribution in [2.24, 2.45) is 5.73 Å². The molecule has 1 saturated heterocycles. The molecule has 1 fully saturated rings. The van der Waals surface area contributed by atoms with Gasteiger partial charge >= 0.3 is 17.6 Å². The Kier molecular flexibility index (Phi) is 5.91. The highest BCUT2D eigenvalue weighted by atomic mass is 19.3. The predicted octanol–water partition coefficient (Wildman–Crippen LogP) is -0.168. The molecule has 0 unspecified atom stereocenters. The highest BCUT2D eigenvalue weighted by Gasteiger charge is 2.60. The molecule has 1 aromatic heterocycles. The van der Waals surface area contributed by atoms with Crippen molar-refractivity contribution < 1.29 is 28.2 Å². The smallest absolute Gasteiger partial charge is 0.351 e. The maximum absolute atomic E-state index is 14.4. The Morgan fingerprint density at radius 3 is 2.69 bits per heavy atom. The van der Waals surface area contributed by atoms with Crippen LogP contribution in [0.3, 0.4) is 0 Å². The molecule has 0 amide bonds. The number of benzene rings is 1. The number of carbonyl (C=O) groups is 1. The van der Waals surface area contributed by atoms with Gasteiger partial charge in [-0.15, -0.1) is 0 Å². The molecule has 1 aliphatic heterocycles. The molecule has 1 aromatic carbocycles. The highest BCUT2D eigenvalue weighted by molar-refractivity contribution is 5.75. The van der Waals surface area contributed by atoms with Gasteiger partial charge in [-0.2, -0.15) is 13.8 Å². The number of alkyl halides is 2. The summed E-state index contributed by atoms with van der Waals surface area (Å²) in [7, 11) is 0. The van der Waals surface area contributed by atoms with Crippen molar-refractivity contribution in [2.75, 3.05) is 12.3 Å². The van der Waals surface area contributed by atoms with Gasteiger partial charge in [-0.1, -0.05) is 30.3 Å². The van der Waals surface area contributed by atoms with Gasteiger partial charge in [0, 0.05) is 6.20 Å². The number of aromatic nitrogens is 2. The largest absolute Gasteiger partial charge is 0.462 e. The summed E-state index contributed by atoms with van der Waals surface area (Å²) < 4.78 is 39.4. The normalized spacial score (nSPS) is 24.2. The van der Waals surface area contributed by atoms with Crippen LogP contribution in [0.1, 0.15) is 11.8 Å². The third-order valence-electron chi connectivity index (χ3n) is 4.47. The van der Waals surface area contributed by atoms with Crippen molar-refractivity contribution >= 4 is 11.8 Å². The van der Waals surface area contributed by atoms with Gasteiger partial charge in [0.15, 0.2) is 6.10 Å². The molecule has 2 heterocycles.